The number of hydrogen-bond acceptors (Lipinski definition) is 3. The van der Waals surface area contributed by atoms with E-state index in [4.69, 9.17) is 0 Å². The van der Waals surface area contributed by atoms with Crippen molar-refractivity contribution in [3.8, 4) is 0 Å². The lowest BCUT2D eigenvalue weighted by Gasteiger charge is -2.26. The molecule has 2 aromatic rings. The molecule has 0 bridgehead atoms. The number of hydrogen-bond donors (Lipinski definition) is 2. The van der Waals surface area contributed by atoms with E-state index < -0.39 is 6.10 Å². The third-order valence-electron chi connectivity index (χ3n) is 3.25. The Bertz CT molecular complexity index is 596. The first-order valence-electron chi connectivity index (χ1n) is 7.19. The van der Waals surface area contributed by atoms with Crippen LogP contribution in [0.5, 0.6) is 0 Å². The molecule has 0 spiro atoms. The Balaban J connectivity index is 2.12. The molecule has 0 unspecified atom stereocenters. The van der Waals surface area contributed by atoms with Crippen LogP contribution in [0.1, 0.15) is 36.0 Å². The molecular weight excluding hydrogens is 285 g/mol. The number of halogens is 1. The van der Waals surface area contributed by atoms with Gasteiger partial charge in [-0.2, -0.15) is 5.10 Å². The summed E-state index contributed by atoms with van der Waals surface area (Å²) in [7, 11) is 0. The number of carbonyl (C=O) groups is 1. The quantitative estimate of drug-likeness (QED) is 0.861. The van der Waals surface area contributed by atoms with E-state index >= 15 is 0 Å². The number of aromatic nitrogens is 2. The van der Waals surface area contributed by atoms with E-state index in [1.165, 1.54) is 30.5 Å². The molecule has 1 amide bonds. The van der Waals surface area contributed by atoms with E-state index in [0.717, 1.165) is 0 Å². The Morgan fingerprint density at radius 3 is 2.50 bits per heavy atom. The van der Waals surface area contributed by atoms with E-state index in [0.29, 0.717) is 17.8 Å². The van der Waals surface area contributed by atoms with Crippen molar-refractivity contribution in [3.63, 3.8) is 0 Å². The fourth-order valence-electron chi connectivity index (χ4n) is 2.23. The van der Waals surface area contributed by atoms with Crippen molar-refractivity contribution in [1.29, 1.82) is 0 Å². The van der Waals surface area contributed by atoms with Gasteiger partial charge in [-0.3, -0.25) is 9.89 Å². The molecule has 2 N–H and O–H groups in total. The Hall–Kier alpha value is -2.21. The molecule has 0 radical (unpaired) electrons. The van der Waals surface area contributed by atoms with Gasteiger partial charge in [0.05, 0.1) is 12.6 Å². The van der Waals surface area contributed by atoms with Crippen LogP contribution in [-0.4, -0.2) is 39.2 Å². The summed E-state index contributed by atoms with van der Waals surface area (Å²) >= 11 is 0. The van der Waals surface area contributed by atoms with Crippen molar-refractivity contribution >= 4 is 5.91 Å². The highest BCUT2D eigenvalue weighted by Gasteiger charge is 2.21. The Kier molecular flexibility index (Phi) is 5.27. The van der Waals surface area contributed by atoms with Crippen LogP contribution >= 0.6 is 0 Å². The van der Waals surface area contributed by atoms with Crippen LogP contribution in [0.4, 0.5) is 4.39 Å². The lowest BCUT2D eigenvalue weighted by atomic mass is 10.1. The highest BCUT2D eigenvalue weighted by molar-refractivity contribution is 5.92. The number of benzene rings is 1. The largest absolute Gasteiger partial charge is 0.387 e. The molecule has 0 aliphatic carbocycles. The molecule has 5 nitrogen and oxygen atoms in total. The second-order valence-electron chi connectivity index (χ2n) is 5.64. The zero-order chi connectivity index (χ0) is 16.1. The van der Waals surface area contributed by atoms with Gasteiger partial charge in [-0.15, -0.1) is 0 Å². The van der Waals surface area contributed by atoms with Crippen LogP contribution in [0, 0.1) is 11.7 Å². The second-order valence-corrected chi connectivity index (χ2v) is 5.64. The van der Waals surface area contributed by atoms with Gasteiger partial charge in [0.1, 0.15) is 11.5 Å². The lowest BCUT2D eigenvalue weighted by molar-refractivity contribution is 0.0589. The molecule has 1 atom stereocenters. The summed E-state index contributed by atoms with van der Waals surface area (Å²) < 4.78 is 12.9. The van der Waals surface area contributed by atoms with Crippen molar-refractivity contribution in [2.45, 2.75) is 20.0 Å². The van der Waals surface area contributed by atoms with E-state index in [-0.39, 0.29) is 24.2 Å². The monoisotopic (exact) mass is 305 g/mol. The number of aromatic amines is 1. The summed E-state index contributed by atoms with van der Waals surface area (Å²) in [6, 6.07) is 7.23. The molecule has 22 heavy (non-hydrogen) atoms. The maximum absolute atomic E-state index is 12.9. The SMILES string of the molecule is CC(C)CN(C[C@@H](O)c1ccc(F)cc1)C(=O)c1ccn[nH]1. The number of H-pyrrole nitrogens is 1. The number of rotatable bonds is 6. The highest BCUT2D eigenvalue weighted by Crippen LogP contribution is 2.17. The third kappa shape index (κ3) is 4.14. The number of nitrogens with zero attached hydrogens (tertiary/aromatic N) is 2. The molecule has 0 saturated carbocycles. The molecule has 1 aromatic heterocycles. The summed E-state index contributed by atoms with van der Waals surface area (Å²) in [5, 5.41) is 16.7. The van der Waals surface area contributed by atoms with Gasteiger partial charge < -0.3 is 10.0 Å². The van der Waals surface area contributed by atoms with Gasteiger partial charge in [0, 0.05) is 12.7 Å². The maximum Gasteiger partial charge on any atom is 0.271 e. The van der Waals surface area contributed by atoms with E-state index in [1.807, 2.05) is 13.8 Å². The zero-order valence-corrected chi connectivity index (χ0v) is 12.7. The molecule has 6 heteroatoms. The predicted octanol–water partition coefficient (Wildman–Crippen LogP) is 2.38. The maximum atomic E-state index is 12.9. The average molecular weight is 305 g/mol. The van der Waals surface area contributed by atoms with Crippen molar-refractivity contribution in [2.75, 3.05) is 13.1 Å². The van der Waals surface area contributed by atoms with Crippen LogP contribution in [0.2, 0.25) is 0 Å². The number of carbonyl (C=O) groups excluding carboxylic acids is 1. The summed E-state index contributed by atoms with van der Waals surface area (Å²) in [6.45, 7) is 4.65. The van der Waals surface area contributed by atoms with Gasteiger partial charge in [-0.05, 0) is 29.7 Å². The van der Waals surface area contributed by atoms with Crippen LogP contribution in [0.15, 0.2) is 36.5 Å². The van der Waals surface area contributed by atoms with E-state index in [9.17, 15) is 14.3 Å². The van der Waals surface area contributed by atoms with Gasteiger partial charge in [0.15, 0.2) is 0 Å². The Morgan fingerprint density at radius 1 is 1.27 bits per heavy atom. The molecular formula is C16H20FN3O2. The minimum Gasteiger partial charge on any atom is -0.387 e. The van der Waals surface area contributed by atoms with E-state index in [2.05, 4.69) is 10.2 Å². The van der Waals surface area contributed by atoms with Gasteiger partial charge in [-0.25, -0.2) is 4.39 Å². The molecule has 0 fully saturated rings. The fraction of sp³-hybridized carbons (Fsp3) is 0.375. The number of amides is 1. The standard InChI is InChI=1S/C16H20FN3O2/c1-11(2)9-20(16(22)14-7-8-18-19-14)10-15(21)12-3-5-13(17)6-4-12/h3-8,11,15,21H,9-10H2,1-2H3,(H,18,19)/t15-/m1/s1. The first kappa shape index (κ1) is 16.2. The second kappa shape index (κ2) is 7.17. The highest BCUT2D eigenvalue weighted by atomic mass is 19.1. The van der Waals surface area contributed by atoms with Crippen molar-refractivity contribution in [2.24, 2.45) is 5.92 Å². The molecule has 0 aliphatic rings. The van der Waals surface area contributed by atoms with Gasteiger partial charge >= 0.3 is 0 Å². The summed E-state index contributed by atoms with van der Waals surface area (Å²) in [4.78, 5) is 14.0. The fourth-order valence-corrected chi connectivity index (χ4v) is 2.23. The summed E-state index contributed by atoms with van der Waals surface area (Å²) in [6.07, 6.45) is 0.642. The number of aliphatic hydroxyl groups is 1. The predicted molar refractivity (Wildman–Crippen MR) is 80.7 cm³/mol. The Morgan fingerprint density at radius 2 is 1.95 bits per heavy atom. The van der Waals surface area contributed by atoms with Gasteiger partial charge in [-0.1, -0.05) is 26.0 Å². The van der Waals surface area contributed by atoms with Crippen LogP contribution in [-0.2, 0) is 0 Å². The van der Waals surface area contributed by atoms with Crippen LogP contribution in [0.25, 0.3) is 0 Å². The van der Waals surface area contributed by atoms with Crippen molar-refractivity contribution < 1.29 is 14.3 Å². The third-order valence-corrected chi connectivity index (χ3v) is 3.25. The first-order chi connectivity index (χ1) is 10.5. The molecule has 0 aliphatic heterocycles. The van der Waals surface area contributed by atoms with Gasteiger partial charge in [0.2, 0.25) is 0 Å². The summed E-state index contributed by atoms with van der Waals surface area (Å²) in [5.41, 5.74) is 0.958. The van der Waals surface area contributed by atoms with E-state index in [1.54, 1.807) is 11.0 Å². The summed E-state index contributed by atoms with van der Waals surface area (Å²) in [5.74, 6) is -0.317. The molecule has 1 heterocycles. The van der Waals surface area contributed by atoms with Crippen molar-refractivity contribution in [3.05, 3.63) is 53.6 Å². The normalized spacial score (nSPS) is 12.4. The Labute approximate surface area is 128 Å². The zero-order valence-electron chi connectivity index (χ0n) is 12.7. The minimum atomic E-state index is -0.869. The topological polar surface area (TPSA) is 69.2 Å². The number of nitrogens with one attached hydrogen (secondary N) is 1. The smallest absolute Gasteiger partial charge is 0.271 e. The van der Waals surface area contributed by atoms with Crippen LogP contribution in [0.3, 0.4) is 0 Å². The molecule has 118 valence electrons. The van der Waals surface area contributed by atoms with Crippen molar-refractivity contribution in [1.82, 2.24) is 15.1 Å². The molecule has 0 saturated heterocycles. The molecule has 2 rings (SSSR count). The van der Waals surface area contributed by atoms with Gasteiger partial charge in [0.25, 0.3) is 5.91 Å². The minimum absolute atomic E-state index is 0.141. The lowest BCUT2D eigenvalue weighted by Crippen LogP contribution is -2.37. The first-order valence-corrected chi connectivity index (χ1v) is 7.19. The number of aliphatic hydroxyl groups excluding tert-OH is 1. The molecule has 1 aromatic carbocycles. The average Bonchev–Trinajstić information content (AvgIpc) is 3.00. The van der Waals surface area contributed by atoms with Crippen LogP contribution < -0.4 is 0 Å².